The molecule has 1 saturated carbocycles. The van der Waals surface area contributed by atoms with Crippen molar-refractivity contribution in [2.24, 2.45) is 0 Å². The van der Waals surface area contributed by atoms with Crippen molar-refractivity contribution in [3.63, 3.8) is 0 Å². The number of aromatic amines is 1. The second-order valence-electron chi connectivity index (χ2n) is 9.76. The van der Waals surface area contributed by atoms with E-state index in [9.17, 15) is 4.79 Å². The Balaban J connectivity index is 1.49. The number of ether oxygens (including phenoxy) is 2. The Morgan fingerprint density at radius 3 is 2.67 bits per heavy atom. The zero-order valence-electron chi connectivity index (χ0n) is 21.4. The van der Waals surface area contributed by atoms with Crippen LogP contribution >= 0.6 is 0 Å². The quantitative estimate of drug-likeness (QED) is 0.483. The molecule has 36 heavy (non-hydrogen) atoms. The number of benzene rings is 1. The van der Waals surface area contributed by atoms with Gasteiger partial charge in [0.15, 0.2) is 5.82 Å². The molecular weight excluding hydrogens is 458 g/mol. The van der Waals surface area contributed by atoms with Gasteiger partial charge in [-0.2, -0.15) is 0 Å². The Hall–Kier alpha value is -2.82. The minimum Gasteiger partial charge on any atom is -0.494 e. The maximum Gasteiger partial charge on any atom is 0.253 e. The fourth-order valence-electron chi connectivity index (χ4n) is 5.71. The van der Waals surface area contributed by atoms with Crippen molar-refractivity contribution >= 4 is 10.9 Å². The molecule has 1 aromatic carbocycles. The Morgan fingerprint density at radius 1 is 1.11 bits per heavy atom. The summed E-state index contributed by atoms with van der Waals surface area (Å²) in [5.74, 6) is 1.45. The summed E-state index contributed by atoms with van der Waals surface area (Å²) < 4.78 is 12.8. The van der Waals surface area contributed by atoms with E-state index in [4.69, 9.17) is 9.47 Å². The van der Waals surface area contributed by atoms with Crippen LogP contribution < -0.4 is 10.3 Å². The number of methoxy groups -OCH3 is 1. The van der Waals surface area contributed by atoms with Crippen LogP contribution in [0.3, 0.4) is 0 Å². The molecule has 1 atom stereocenters. The Bertz CT molecular complexity index is 1200. The highest BCUT2D eigenvalue weighted by molar-refractivity contribution is 5.80. The first-order chi connectivity index (χ1) is 17.7. The molecule has 0 amide bonds. The van der Waals surface area contributed by atoms with Gasteiger partial charge in [-0.25, -0.2) is 4.68 Å². The number of H-pyrrole nitrogens is 1. The lowest BCUT2D eigenvalue weighted by atomic mass is 9.93. The van der Waals surface area contributed by atoms with Crippen molar-refractivity contribution in [3.8, 4) is 5.75 Å². The SMILES string of the molecule is CCOc1ccc2[nH]c(=O)c(C(c3nnnn3CCOC)N3CCN(C4CCCCC4)CC3)cc2c1. The summed E-state index contributed by atoms with van der Waals surface area (Å²) in [6.45, 7) is 7.25. The van der Waals surface area contributed by atoms with Gasteiger partial charge in [0, 0.05) is 55.8 Å². The highest BCUT2D eigenvalue weighted by atomic mass is 16.5. The lowest BCUT2D eigenvalue weighted by Gasteiger charge is -2.42. The molecule has 5 rings (SSSR count). The number of hydrogen-bond donors (Lipinski definition) is 1. The maximum absolute atomic E-state index is 13.4. The fraction of sp³-hybridized carbons (Fsp3) is 0.615. The van der Waals surface area contributed by atoms with Crippen LogP contribution in [0, 0.1) is 0 Å². The van der Waals surface area contributed by atoms with Gasteiger partial charge < -0.3 is 14.5 Å². The Labute approximate surface area is 211 Å². The van der Waals surface area contributed by atoms with Crippen LogP contribution in [0.5, 0.6) is 5.75 Å². The van der Waals surface area contributed by atoms with E-state index in [0.717, 1.165) is 42.8 Å². The van der Waals surface area contributed by atoms with E-state index in [-0.39, 0.29) is 11.6 Å². The maximum atomic E-state index is 13.4. The van der Waals surface area contributed by atoms with E-state index >= 15 is 0 Å². The van der Waals surface area contributed by atoms with E-state index in [1.807, 2.05) is 31.2 Å². The molecule has 10 nitrogen and oxygen atoms in total. The molecule has 1 aliphatic carbocycles. The van der Waals surface area contributed by atoms with Gasteiger partial charge in [-0.3, -0.25) is 14.6 Å². The summed E-state index contributed by atoms with van der Waals surface area (Å²) in [5, 5.41) is 13.5. The molecule has 0 radical (unpaired) electrons. The van der Waals surface area contributed by atoms with Gasteiger partial charge in [-0.1, -0.05) is 19.3 Å². The zero-order chi connectivity index (χ0) is 24.9. The number of hydrogen-bond acceptors (Lipinski definition) is 8. The predicted octanol–water partition coefficient (Wildman–Crippen LogP) is 2.60. The molecule has 1 aliphatic heterocycles. The van der Waals surface area contributed by atoms with E-state index in [0.29, 0.717) is 37.2 Å². The van der Waals surface area contributed by atoms with Crippen LogP contribution in [0.25, 0.3) is 10.9 Å². The van der Waals surface area contributed by atoms with Crippen molar-refractivity contribution in [2.75, 3.05) is 46.5 Å². The highest BCUT2D eigenvalue weighted by Gasteiger charge is 2.34. The summed E-state index contributed by atoms with van der Waals surface area (Å²) in [7, 11) is 1.66. The molecule has 0 spiro atoms. The third-order valence-electron chi connectivity index (χ3n) is 7.57. The topological polar surface area (TPSA) is 101 Å². The van der Waals surface area contributed by atoms with Crippen molar-refractivity contribution in [2.45, 2.75) is 57.7 Å². The fourth-order valence-corrected chi connectivity index (χ4v) is 5.71. The van der Waals surface area contributed by atoms with E-state index in [2.05, 4.69) is 30.3 Å². The first-order valence-corrected chi connectivity index (χ1v) is 13.2. The number of nitrogens with zero attached hydrogens (tertiary/aromatic N) is 6. The number of pyridine rings is 1. The summed E-state index contributed by atoms with van der Waals surface area (Å²) in [6, 6.07) is 8.07. The van der Waals surface area contributed by atoms with Crippen LogP contribution in [0.2, 0.25) is 0 Å². The Morgan fingerprint density at radius 2 is 1.92 bits per heavy atom. The third-order valence-corrected chi connectivity index (χ3v) is 7.57. The molecule has 3 heterocycles. The highest BCUT2D eigenvalue weighted by Crippen LogP contribution is 2.30. The molecule has 1 unspecified atom stereocenters. The van der Waals surface area contributed by atoms with Gasteiger partial charge in [-0.05, 0) is 54.5 Å². The smallest absolute Gasteiger partial charge is 0.253 e. The molecule has 2 aliphatic rings. The molecular formula is C26H37N7O3. The number of fused-ring (bicyclic) bond motifs is 1. The largest absolute Gasteiger partial charge is 0.494 e. The monoisotopic (exact) mass is 495 g/mol. The number of aromatic nitrogens is 5. The first kappa shape index (κ1) is 24.9. The minimum atomic E-state index is -0.353. The van der Waals surface area contributed by atoms with Crippen LogP contribution in [-0.4, -0.2) is 87.5 Å². The second-order valence-corrected chi connectivity index (χ2v) is 9.76. The molecule has 1 saturated heterocycles. The normalized spacial score (nSPS) is 19.1. The van der Waals surface area contributed by atoms with Gasteiger partial charge in [0.2, 0.25) is 0 Å². The average molecular weight is 496 g/mol. The lowest BCUT2D eigenvalue weighted by Crippen LogP contribution is -2.52. The molecule has 0 bridgehead atoms. The van der Waals surface area contributed by atoms with Crippen molar-refractivity contribution in [1.29, 1.82) is 0 Å². The first-order valence-electron chi connectivity index (χ1n) is 13.2. The molecule has 10 heteroatoms. The molecule has 1 N–H and O–H groups in total. The van der Waals surface area contributed by atoms with Crippen molar-refractivity contribution in [3.05, 3.63) is 46.0 Å². The summed E-state index contributed by atoms with van der Waals surface area (Å²) >= 11 is 0. The number of rotatable bonds is 9. The van der Waals surface area contributed by atoms with Gasteiger partial charge in [0.25, 0.3) is 5.56 Å². The molecule has 3 aromatic rings. The molecule has 194 valence electrons. The second kappa shape index (κ2) is 11.5. The predicted molar refractivity (Wildman–Crippen MR) is 137 cm³/mol. The number of nitrogens with one attached hydrogen (secondary N) is 1. The van der Waals surface area contributed by atoms with Crippen molar-refractivity contribution < 1.29 is 9.47 Å². The minimum absolute atomic E-state index is 0.118. The van der Waals surface area contributed by atoms with E-state index in [1.54, 1.807) is 11.8 Å². The lowest BCUT2D eigenvalue weighted by molar-refractivity contribution is 0.0612. The average Bonchev–Trinajstić information content (AvgIpc) is 3.37. The van der Waals surface area contributed by atoms with E-state index < -0.39 is 0 Å². The van der Waals surface area contributed by atoms with Gasteiger partial charge in [-0.15, -0.1) is 5.10 Å². The van der Waals surface area contributed by atoms with Crippen LogP contribution in [0.1, 0.15) is 56.5 Å². The van der Waals surface area contributed by atoms with Crippen LogP contribution in [0.4, 0.5) is 0 Å². The number of tetrazole rings is 1. The number of piperazine rings is 1. The van der Waals surface area contributed by atoms with Gasteiger partial charge in [0.05, 0.1) is 19.8 Å². The van der Waals surface area contributed by atoms with Crippen LogP contribution in [-0.2, 0) is 11.3 Å². The Kier molecular flexibility index (Phi) is 7.93. The molecule has 2 fully saturated rings. The van der Waals surface area contributed by atoms with E-state index in [1.165, 1.54) is 32.1 Å². The zero-order valence-corrected chi connectivity index (χ0v) is 21.4. The third kappa shape index (κ3) is 5.30. The van der Waals surface area contributed by atoms with Gasteiger partial charge in [0.1, 0.15) is 11.8 Å². The molecule has 2 aromatic heterocycles. The summed E-state index contributed by atoms with van der Waals surface area (Å²) in [5.41, 5.74) is 1.32. The standard InChI is InChI=1S/C26H37N7O3/c1-3-36-21-9-10-23-19(17-21)18-22(26(34)27-23)24(25-28-29-30-33(25)15-16-35-2)32-13-11-31(12-14-32)20-7-5-4-6-8-20/h9-10,17-18,20,24H,3-8,11-16H2,1-2H3,(H,27,34). The van der Waals surface area contributed by atoms with Crippen molar-refractivity contribution in [1.82, 2.24) is 35.0 Å². The summed E-state index contributed by atoms with van der Waals surface area (Å²) in [6.07, 6.45) is 6.62. The summed E-state index contributed by atoms with van der Waals surface area (Å²) in [4.78, 5) is 21.5. The van der Waals surface area contributed by atoms with Gasteiger partial charge >= 0.3 is 0 Å². The van der Waals surface area contributed by atoms with Crippen LogP contribution in [0.15, 0.2) is 29.1 Å².